The van der Waals surface area contributed by atoms with Crippen molar-refractivity contribution in [3.63, 3.8) is 0 Å². The van der Waals surface area contributed by atoms with E-state index in [2.05, 4.69) is 19.9 Å². The molecule has 1 aliphatic heterocycles. The van der Waals surface area contributed by atoms with Crippen LogP contribution >= 0.6 is 0 Å². The van der Waals surface area contributed by atoms with E-state index in [9.17, 15) is 14.9 Å². The van der Waals surface area contributed by atoms with Gasteiger partial charge in [-0.05, 0) is 17.7 Å². The van der Waals surface area contributed by atoms with Gasteiger partial charge in [0.05, 0.1) is 16.2 Å². The molecule has 0 bridgehead atoms. The normalized spacial score (nSPS) is 13.9. The monoisotopic (exact) mass is 363 g/mol. The third-order valence-electron chi connectivity index (χ3n) is 4.63. The van der Waals surface area contributed by atoms with Crippen molar-refractivity contribution < 1.29 is 4.92 Å². The average molecular weight is 363 g/mol. The summed E-state index contributed by atoms with van der Waals surface area (Å²) in [4.78, 5) is 36.7. The Kier molecular flexibility index (Phi) is 4.47. The highest BCUT2D eigenvalue weighted by Gasteiger charge is 2.22. The van der Waals surface area contributed by atoms with Crippen molar-refractivity contribution in [3.05, 3.63) is 86.1 Å². The zero-order valence-electron chi connectivity index (χ0n) is 14.5. The van der Waals surface area contributed by atoms with Gasteiger partial charge in [0.2, 0.25) is 0 Å². The minimum absolute atomic E-state index is 0.0754. The van der Waals surface area contributed by atoms with Crippen LogP contribution in [0.4, 0.5) is 5.69 Å². The molecule has 0 unspecified atom stereocenters. The first-order valence-corrected chi connectivity index (χ1v) is 8.58. The Morgan fingerprint density at radius 2 is 2.04 bits per heavy atom. The summed E-state index contributed by atoms with van der Waals surface area (Å²) in [6.45, 7) is 1.76. The Labute approximate surface area is 154 Å². The van der Waals surface area contributed by atoms with E-state index in [-0.39, 0.29) is 11.2 Å². The van der Waals surface area contributed by atoms with E-state index in [0.29, 0.717) is 30.9 Å². The summed E-state index contributed by atoms with van der Waals surface area (Å²) in [5, 5.41) is 10.9. The first-order valence-electron chi connectivity index (χ1n) is 8.58. The van der Waals surface area contributed by atoms with Crippen LogP contribution in [-0.4, -0.2) is 31.3 Å². The summed E-state index contributed by atoms with van der Waals surface area (Å²) < 4.78 is 0. The number of aromatic amines is 1. The van der Waals surface area contributed by atoms with Gasteiger partial charge in [-0.3, -0.25) is 24.8 Å². The van der Waals surface area contributed by atoms with E-state index in [4.69, 9.17) is 0 Å². The van der Waals surface area contributed by atoms with Gasteiger partial charge in [0.15, 0.2) is 0 Å². The second kappa shape index (κ2) is 7.08. The van der Waals surface area contributed by atoms with Gasteiger partial charge >= 0.3 is 0 Å². The van der Waals surface area contributed by atoms with Crippen molar-refractivity contribution in [1.82, 2.24) is 19.9 Å². The van der Waals surface area contributed by atoms with Gasteiger partial charge in [0.25, 0.3) is 11.2 Å². The number of hydrogen-bond donors (Lipinski definition) is 1. The summed E-state index contributed by atoms with van der Waals surface area (Å²) in [6, 6.07) is 10.2. The molecule has 2 aromatic heterocycles. The maximum Gasteiger partial charge on any atom is 0.269 e. The van der Waals surface area contributed by atoms with Crippen LogP contribution in [0.2, 0.25) is 0 Å². The molecular formula is C19H17N5O3. The molecule has 4 rings (SSSR count). The fourth-order valence-corrected chi connectivity index (χ4v) is 3.29. The van der Waals surface area contributed by atoms with Crippen molar-refractivity contribution in [2.45, 2.75) is 19.5 Å². The maximum absolute atomic E-state index is 12.6. The van der Waals surface area contributed by atoms with Crippen molar-refractivity contribution in [2.24, 2.45) is 0 Å². The zero-order valence-corrected chi connectivity index (χ0v) is 14.5. The number of nitro groups is 1. The highest BCUT2D eigenvalue weighted by Crippen LogP contribution is 2.21. The molecule has 1 aliphatic rings. The van der Waals surface area contributed by atoms with E-state index >= 15 is 0 Å². The number of benzene rings is 1. The topological polar surface area (TPSA) is 105 Å². The Balaban J connectivity index is 1.56. The molecule has 1 N–H and O–H groups in total. The number of non-ortho nitro benzene ring substituents is 1. The molecule has 27 heavy (non-hydrogen) atoms. The quantitative estimate of drug-likeness (QED) is 0.563. The predicted octanol–water partition coefficient (Wildman–Crippen LogP) is 2.30. The summed E-state index contributed by atoms with van der Waals surface area (Å²) in [5.74, 6) is 0.549. The number of H-pyrrole nitrogens is 1. The molecule has 0 radical (unpaired) electrons. The molecule has 0 aliphatic carbocycles. The predicted molar refractivity (Wildman–Crippen MR) is 99.0 cm³/mol. The van der Waals surface area contributed by atoms with E-state index < -0.39 is 4.92 Å². The van der Waals surface area contributed by atoms with E-state index in [1.54, 1.807) is 24.5 Å². The lowest BCUT2D eigenvalue weighted by molar-refractivity contribution is -0.384. The first kappa shape index (κ1) is 17.0. The molecule has 8 heteroatoms. The summed E-state index contributed by atoms with van der Waals surface area (Å²) in [6.07, 6.45) is 3.98. The molecule has 1 aromatic carbocycles. The lowest BCUT2D eigenvalue weighted by atomic mass is 10.1. The number of nitro benzene ring substituents is 1. The molecule has 0 spiro atoms. The number of hydrogen-bond acceptors (Lipinski definition) is 6. The SMILES string of the molecule is O=c1[nH]c(-c2ccncc2)nc2c1CN(Cc1cccc([N+](=O)[O-])c1)CC2. The Hall–Kier alpha value is -3.39. The maximum atomic E-state index is 12.6. The smallest absolute Gasteiger partial charge is 0.269 e. The van der Waals surface area contributed by atoms with Crippen molar-refractivity contribution >= 4 is 5.69 Å². The minimum atomic E-state index is -0.399. The van der Waals surface area contributed by atoms with Crippen LogP contribution in [0.1, 0.15) is 16.8 Å². The van der Waals surface area contributed by atoms with Crippen LogP contribution in [0.3, 0.4) is 0 Å². The molecule has 3 heterocycles. The second-order valence-corrected chi connectivity index (χ2v) is 6.46. The number of fused-ring (bicyclic) bond motifs is 1. The standard InChI is InChI=1S/C19H17N5O3/c25-19-16-12-23(11-13-2-1-3-15(10-13)24(26)27)9-6-17(16)21-18(22-19)14-4-7-20-8-5-14/h1-5,7-8,10H,6,9,11-12H2,(H,21,22,25). The molecular weight excluding hydrogens is 346 g/mol. The summed E-state index contributed by atoms with van der Waals surface area (Å²) in [7, 11) is 0. The van der Waals surface area contributed by atoms with Crippen molar-refractivity contribution in [3.8, 4) is 11.4 Å². The molecule has 0 saturated carbocycles. The van der Waals surface area contributed by atoms with Gasteiger partial charge < -0.3 is 4.98 Å². The highest BCUT2D eigenvalue weighted by molar-refractivity contribution is 5.54. The van der Waals surface area contributed by atoms with Gasteiger partial charge in [0.1, 0.15) is 5.82 Å². The second-order valence-electron chi connectivity index (χ2n) is 6.46. The third-order valence-corrected chi connectivity index (χ3v) is 4.63. The molecule has 0 fully saturated rings. The van der Waals surface area contributed by atoms with Crippen LogP contribution in [0, 0.1) is 10.1 Å². The molecule has 0 saturated heterocycles. The summed E-state index contributed by atoms with van der Waals surface area (Å²) in [5.41, 5.74) is 3.07. The van der Waals surface area contributed by atoms with Gasteiger partial charge in [0, 0.05) is 56.1 Å². The number of nitrogens with one attached hydrogen (secondary N) is 1. The van der Waals surface area contributed by atoms with Gasteiger partial charge in [-0.2, -0.15) is 0 Å². The van der Waals surface area contributed by atoms with E-state index in [1.807, 2.05) is 18.2 Å². The van der Waals surface area contributed by atoms with Crippen LogP contribution < -0.4 is 5.56 Å². The first-order chi connectivity index (χ1) is 13.1. The van der Waals surface area contributed by atoms with Crippen LogP contribution in [-0.2, 0) is 19.5 Å². The minimum Gasteiger partial charge on any atom is -0.306 e. The van der Waals surface area contributed by atoms with Crippen LogP contribution in [0.5, 0.6) is 0 Å². The van der Waals surface area contributed by atoms with Gasteiger partial charge in [-0.15, -0.1) is 0 Å². The Bertz CT molecular complexity index is 1050. The third kappa shape index (κ3) is 3.61. The lowest BCUT2D eigenvalue weighted by Crippen LogP contribution is -2.35. The van der Waals surface area contributed by atoms with Gasteiger partial charge in [-0.25, -0.2) is 4.98 Å². The number of aromatic nitrogens is 3. The van der Waals surface area contributed by atoms with E-state index in [0.717, 1.165) is 23.4 Å². The van der Waals surface area contributed by atoms with Gasteiger partial charge in [-0.1, -0.05) is 12.1 Å². The summed E-state index contributed by atoms with van der Waals surface area (Å²) >= 11 is 0. The Morgan fingerprint density at radius 1 is 1.22 bits per heavy atom. The lowest BCUT2D eigenvalue weighted by Gasteiger charge is -2.27. The van der Waals surface area contributed by atoms with Crippen LogP contribution in [0.25, 0.3) is 11.4 Å². The largest absolute Gasteiger partial charge is 0.306 e. The van der Waals surface area contributed by atoms with E-state index in [1.165, 1.54) is 6.07 Å². The number of pyridine rings is 1. The molecule has 8 nitrogen and oxygen atoms in total. The highest BCUT2D eigenvalue weighted by atomic mass is 16.6. The average Bonchev–Trinajstić information content (AvgIpc) is 2.69. The molecule has 3 aromatic rings. The molecule has 136 valence electrons. The fourth-order valence-electron chi connectivity index (χ4n) is 3.29. The Morgan fingerprint density at radius 3 is 2.81 bits per heavy atom. The number of nitrogens with zero attached hydrogens (tertiary/aromatic N) is 4. The number of rotatable bonds is 4. The van der Waals surface area contributed by atoms with Crippen LogP contribution in [0.15, 0.2) is 53.6 Å². The van der Waals surface area contributed by atoms with Crippen molar-refractivity contribution in [1.29, 1.82) is 0 Å². The fraction of sp³-hybridized carbons (Fsp3) is 0.211. The molecule has 0 atom stereocenters. The van der Waals surface area contributed by atoms with Crippen molar-refractivity contribution in [2.75, 3.05) is 6.54 Å². The zero-order chi connectivity index (χ0) is 18.8. The molecule has 0 amide bonds.